The number of hydrogen-bond donors (Lipinski definition) is 2. The molecule has 2 amide bonds. The zero-order valence-electron chi connectivity index (χ0n) is 17.2. The molecular formula is C20H19ClN6O4S. The summed E-state index contributed by atoms with van der Waals surface area (Å²) in [7, 11) is 0. The third-order valence-electron chi connectivity index (χ3n) is 4.24. The van der Waals surface area contributed by atoms with E-state index in [0.717, 1.165) is 5.56 Å². The van der Waals surface area contributed by atoms with Gasteiger partial charge in [-0.25, -0.2) is 0 Å². The van der Waals surface area contributed by atoms with E-state index < -0.39 is 10.8 Å². The van der Waals surface area contributed by atoms with Crippen molar-refractivity contribution in [2.24, 2.45) is 0 Å². The van der Waals surface area contributed by atoms with Gasteiger partial charge in [0.1, 0.15) is 0 Å². The van der Waals surface area contributed by atoms with Crippen LogP contribution in [0.4, 0.5) is 17.1 Å². The molecule has 2 N–H and O–H groups in total. The Morgan fingerprint density at radius 1 is 1.19 bits per heavy atom. The first-order valence-corrected chi connectivity index (χ1v) is 10.8. The number of carbonyl (C=O) groups excluding carboxylic acids is 2. The maximum Gasteiger partial charge on any atom is 0.271 e. The van der Waals surface area contributed by atoms with Gasteiger partial charge in [0.25, 0.3) is 5.69 Å². The van der Waals surface area contributed by atoms with E-state index in [1.807, 2.05) is 17.6 Å². The lowest BCUT2D eigenvalue weighted by molar-refractivity contribution is -0.384. The molecule has 166 valence electrons. The van der Waals surface area contributed by atoms with Crippen LogP contribution in [-0.4, -0.2) is 37.3 Å². The van der Waals surface area contributed by atoms with Crippen LogP contribution in [-0.2, 0) is 16.1 Å². The molecule has 0 aliphatic carbocycles. The maximum atomic E-state index is 12.4. The van der Waals surface area contributed by atoms with Gasteiger partial charge < -0.3 is 15.2 Å². The summed E-state index contributed by atoms with van der Waals surface area (Å²) in [5.74, 6) is 0.0371. The summed E-state index contributed by atoms with van der Waals surface area (Å²) in [5, 5.41) is 25.4. The minimum Gasteiger partial charge on any atom is -0.326 e. The third-order valence-corrected chi connectivity index (χ3v) is 5.54. The van der Waals surface area contributed by atoms with Crippen molar-refractivity contribution in [3.05, 3.63) is 57.6 Å². The van der Waals surface area contributed by atoms with E-state index in [9.17, 15) is 19.7 Å². The van der Waals surface area contributed by atoms with E-state index in [-0.39, 0.29) is 28.1 Å². The number of carbonyl (C=O) groups is 2. The molecule has 1 aromatic heterocycles. The number of rotatable bonds is 8. The number of nitro benzene ring substituents is 1. The van der Waals surface area contributed by atoms with E-state index in [1.165, 1.54) is 36.9 Å². The number of aromatic nitrogens is 3. The molecule has 0 bridgehead atoms. The fourth-order valence-electron chi connectivity index (χ4n) is 2.87. The van der Waals surface area contributed by atoms with Gasteiger partial charge in [-0.2, -0.15) is 0 Å². The summed E-state index contributed by atoms with van der Waals surface area (Å²) in [6.45, 7) is 3.92. The molecule has 0 spiro atoms. The second kappa shape index (κ2) is 10.2. The Morgan fingerprint density at radius 2 is 1.97 bits per heavy atom. The van der Waals surface area contributed by atoms with Crippen LogP contribution in [0, 0.1) is 10.1 Å². The number of nitrogens with zero attached hydrogens (tertiary/aromatic N) is 4. The molecule has 0 aliphatic heterocycles. The summed E-state index contributed by atoms with van der Waals surface area (Å²) < 4.78 is 1.85. The molecule has 0 atom stereocenters. The van der Waals surface area contributed by atoms with Crippen molar-refractivity contribution in [2.45, 2.75) is 25.5 Å². The molecule has 0 unspecified atom stereocenters. The van der Waals surface area contributed by atoms with Crippen LogP contribution in [0.5, 0.6) is 0 Å². The predicted octanol–water partition coefficient (Wildman–Crippen LogP) is 4.22. The van der Waals surface area contributed by atoms with Crippen molar-refractivity contribution in [3.8, 4) is 11.4 Å². The fourth-order valence-corrected chi connectivity index (χ4v) is 3.84. The molecule has 0 fully saturated rings. The number of non-ortho nitro benzene ring substituents is 1. The Labute approximate surface area is 192 Å². The van der Waals surface area contributed by atoms with Gasteiger partial charge in [0, 0.05) is 36.9 Å². The van der Waals surface area contributed by atoms with Crippen molar-refractivity contribution < 1.29 is 14.5 Å². The van der Waals surface area contributed by atoms with Gasteiger partial charge in [-0.15, -0.1) is 10.2 Å². The molecule has 10 nitrogen and oxygen atoms in total. The van der Waals surface area contributed by atoms with Gasteiger partial charge >= 0.3 is 0 Å². The van der Waals surface area contributed by atoms with Crippen molar-refractivity contribution in [1.29, 1.82) is 0 Å². The van der Waals surface area contributed by atoms with Crippen LogP contribution < -0.4 is 10.6 Å². The monoisotopic (exact) mass is 474 g/mol. The molecule has 0 saturated heterocycles. The summed E-state index contributed by atoms with van der Waals surface area (Å²) >= 11 is 7.20. The molecular weight excluding hydrogens is 456 g/mol. The quantitative estimate of drug-likeness (QED) is 0.284. The number of nitro groups is 1. The number of anilines is 2. The standard InChI is InChI=1S/C20H19ClN6O4S/c1-3-26-19(13-5-4-6-14(9-13)22-12(2)28)24-25-20(26)32-11-18(29)23-17-10-15(27(30)31)7-8-16(17)21/h4-10H,3,11H2,1-2H3,(H,22,28)(H,23,29). The molecule has 32 heavy (non-hydrogen) atoms. The summed E-state index contributed by atoms with van der Waals surface area (Å²) in [5.41, 5.74) is 1.40. The zero-order valence-corrected chi connectivity index (χ0v) is 18.7. The van der Waals surface area contributed by atoms with Crippen LogP contribution in [0.3, 0.4) is 0 Å². The Hall–Kier alpha value is -3.44. The molecule has 1 heterocycles. The summed E-state index contributed by atoms with van der Waals surface area (Å²) in [6, 6.07) is 11.1. The topological polar surface area (TPSA) is 132 Å². The molecule has 3 rings (SSSR count). The Kier molecular flexibility index (Phi) is 7.44. The Balaban J connectivity index is 1.72. The first-order chi connectivity index (χ1) is 15.3. The van der Waals surface area contributed by atoms with Gasteiger partial charge in [0.05, 0.1) is 21.4 Å². The second-order valence-corrected chi connectivity index (χ2v) is 7.92. The van der Waals surface area contributed by atoms with Crippen LogP contribution >= 0.6 is 23.4 Å². The molecule has 0 radical (unpaired) electrons. The summed E-state index contributed by atoms with van der Waals surface area (Å²) in [6.07, 6.45) is 0. The van der Waals surface area contributed by atoms with Gasteiger partial charge in [-0.3, -0.25) is 19.7 Å². The van der Waals surface area contributed by atoms with E-state index in [4.69, 9.17) is 11.6 Å². The molecule has 0 saturated carbocycles. The number of halogens is 1. The Morgan fingerprint density at radius 3 is 2.66 bits per heavy atom. The molecule has 12 heteroatoms. The highest BCUT2D eigenvalue weighted by Gasteiger charge is 2.17. The first-order valence-electron chi connectivity index (χ1n) is 9.46. The average molecular weight is 475 g/mol. The van der Waals surface area contributed by atoms with Gasteiger partial charge in [0.15, 0.2) is 11.0 Å². The smallest absolute Gasteiger partial charge is 0.271 e. The first kappa shape index (κ1) is 23.2. The van der Waals surface area contributed by atoms with Gasteiger partial charge in [-0.1, -0.05) is 35.5 Å². The fraction of sp³-hybridized carbons (Fsp3) is 0.200. The Bertz CT molecular complexity index is 1180. The largest absolute Gasteiger partial charge is 0.326 e. The zero-order chi connectivity index (χ0) is 23.3. The van der Waals surface area contributed by atoms with Crippen molar-refractivity contribution in [1.82, 2.24) is 14.8 Å². The van der Waals surface area contributed by atoms with Crippen LogP contribution in [0.25, 0.3) is 11.4 Å². The molecule has 3 aromatic rings. The van der Waals surface area contributed by atoms with Crippen molar-refractivity contribution in [2.75, 3.05) is 16.4 Å². The second-order valence-electron chi connectivity index (χ2n) is 6.57. The highest BCUT2D eigenvalue weighted by Crippen LogP contribution is 2.28. The lowest BCUT2D eigenvalue weighted by atomic mass is 10.2. The SMILES string of the molecule is CCn1c(SCC(=O)Nc2cc([N+](=O)[O-])ccc2Cl)nnc1-c1cccc(NC(C)=O)c1. The number of thioether (sulfide) groups is 1. The van der Waals surface area contributed by atoms with Crippen LogP contribution in [0.1, 0.15) is 13.8 Å². The molecule has 0 aliphatic rings. The van der Waals surface area contributed by atoms with Crippen molar-refractivity contribution in [3.63, 3.8) is 0 Å². The summed E-state index contributed by atoms with van der Waals surface area (Å²) in [4.78, 5) is 34.1. The highest BCUT2D eigenvalue weighted by molar-refractivity contribution is 7.99. The third kappa shape index (κ3) is 5.62. The van der Waals surface area contributed by atoms with Gasteiger partial charge in [-0.05, 0) is 25.1 Å². The number of benzene rings is 2. The normalized spacial score (nSPS) is 10.6. The number of amides is 2. The predicted molar refractivity (Wildman–Crippen MR) is 123 cm³/mol. The minimum absolute atomic E-state index is 0.00306. The lowest BCUT2D eigenvalue weighted by Gasteiger charge is -2.09. The van der Waals surface area contributed by atoms with E-state index >= 15 is 0 Å². The van der Waals surface area contributed by atoms with E-state index in [0.29, 0.717) is 23.2 Å². The van der Waals surface area contributed by atoms with Crippen LogP contribution in [0.15, 0.2) is 47.6 Å². The van der Waals surface area contributed by atoms with Crippen LogP contribution in [0.2, 0.25) is 5.02 Å². The van der Waals surface area contributed by atoms with E-state index in [2.05, 4.69) is 20.8 Å². The highest BCUT2D eigenvalue weighted by atomic mass is 35.5. The van der Waals surface area contributed by atoms with Gasteiger partial charge in [0.2, 0.25) is 11.8 Å². The molecule has 2 aromatic carbocycles. The number of nitrogens with one attached hydrogen (secondary N) is 2. The van der Waals surface area contributed by atoms with E-state index in [1.54, 1.807) is 18.2 Å². The lowest BCUT2D eigenvalue weighted by Crippen LogP contribution is -2.15. The average Bonchev–Trinajstić information content (AvgIpc) is 3.16. The van der Waals surface area contributed by atoms with Crippen molar-refractivity contribution >= 4 is 52.2 Å². The minimum atomic E-state index is -0.563. The maximum absolute atomic E-state index is 12.4. The number of hydrogen-bond acceptors (Lipinski definition) is 7.